The Balaban J connectivity index is 1.59. The molecule has 1 fully saturated rings. The van der Waals surface area contributed by atoms with Gasteiger partial charge in [-0.15, -0.1) is 11.3 Å². The minimum absolute atomic E-state index is 0.276. The van der Waals surface area contributed by atoms with Crippen LogP contribution in [0.2, 0.25) is 0 Å². The number of nitrogens with zero attached hydrogens (tertiary/aromatic N) is 3. The summed E-state index contributed by atoms with van der Waals surface area (Å²) in [6.07, 6.45) is 5.76. The van der Waals surface area contributed by atoms with Gasteiger partial charge in [0, 0.05) is 24.8 Å². The lowest BCUT2D eigenvalue weighted by Gasteiger charge is -2.25. The summed E-state index contributed by atoms with van der Waals surface area (Å²) in [5, 5.41) is 13.4. The van der Waals surface area contributed by atoms with Gasteiger partial charge in [0.15, 0.2) is 0 Å². The largest absolute Gasteiger partial charge is 0.494 e. The van der Waals surface area contributed by atoms with E-state index in [0.717, 1.165) is 40.9 Å². The molecular formula is C21H24N4O3S. The molecule has 0 saturated heterocycles. The van der Waals surface area contributed by atoms with Crippen molar-refractivity contribution in [2.45, 2.75) is 38.5 Å². The minimum Gasteiger partial charge on any atom is -0.494 e. The summed E-state index contributed by atoms with van der Waals surface area (Å²) in [4.78, 5) is 25.6. The molecule has 0 radical (unpaired) electrons. The standard InChI is InChI=1S/C21H24N4O3S/c1-12-22-8-7-15(23-12)20(27)24-16-10-19-17(9-18(16)28-2)25-21(29-19)14-5-3-13(11-26)4-6-14/h7-10,13-14,26H,3-6,11H2,1-2H3,(H,24,27)/t13-,14-. The zero-order valence-electron chi connectivity index (χ0n) is 16.5. The summed E-state index contributed by atoms with van der Waals surface area (Å²) in [6.45, 7) is 2.02. The first-order chi connectivity index (χ1) is 14.1. The van der Waals surface area contributed by atoms with Crippen molar-refractivity contribution in [1.29, 1.82) is 0 Å². The van der Waals surface area contributed by atoms with E-state index < -0.39 is 0 Å². The summed E-state index contributed by atoms with van der Waals surface area (Å²) in [5.74, 6) is 1.66. The van der Waals surface area contributed by atoms with Crippen LogP contribution in [0, 0.1) is 12.8 Å². The average Bonchev–Trinajstić information content (AvgIpc) is 3.16. The summed E-state index contributed by atoms with van der Waals surface area (Å²) in [5.41, 5.74) is 1.78. The van der Waals surface area contributed by atoms with Gasteiger partial charge in [-0.05, 0) is 50.7 Å². The van der Waals surface area contributed by atoms with Gasteiger partial charge in [-0.2, -0.15) is 0 Å². The number of aliphatic hydroxyl groups excluding tert-OH is 1. The molecule has 1 amide bonds. The quantitative estimate of drug-likeness (QED) is 0.659. The van der Waals surface area contributed by atoms with E-state index in [9.17, 15) is 9.90 Å². The fourth-order valence-corrected chi connectivity index (χ4v) is 4.93. The number of fused-ring (bicyclic) bond motifs is 1. The third kappa shape index (κ3) is 4.23. The van der Waals surface area contributed by atoms with Crippen molar-refractivity contribution in [3.05, 3.63) is 40.9 Å². The van der Waals surface area contributed by atoms with Crippen molar-refractivity contribution < 1.29 is 14.6 Å². The van der Waals surface area contributed by atoms with E-state index in [2.05, 4.69) is 15.3 Å². The van der Waals surface area contributed by atoms with Gasteiger partial charge in [-0.25, -0.2) is 15.0 Å². The van der Waals surface area contributed by atoms with Crippen LogP contribution in [-0.2, 0) is 0 Å². The topological polar surface area (TPSA) is 97.2 Å². The van der Waals surface area contributed by atoms with Crippen molar-refractivity contribution in [3.63, 3.8) is 0 Å². The highest BCUT2D eigenvalue weighted by Crippen LogP contribution is 2.41. The lowest BCUT2D eigenvalue weighted by atomic mass is 9.83. The number of rotatable bonds is 5. The molecule has 1 aliphatic carbocycles. The number of benzene rings is 1. The van der Waals surface area contributed by atoms with Crippen molar-refractivity contribution >= 4 is 33.1 Å². The molecule has 0 spiro atoms. The number of aliphatic hydroxyl groups is 1. The smallest absolute Gasteiger partial charge is 0.274 e. The first-order valence-electron chi connectivity index (χ1n) is 9.77. The monoisotopic (exact) mass is 412 g/mol. The molecule has 2 aromatic heterocycles. The molecule has 7 nitrogen and oxygen atoms in total. The maximum absolute atomic E-state index is 12.6. The molecule has 4 rings (SSSR count). The van der Waals surface area contributed by atoms with Crippen LogP contribution >= 0.6 is 11.3 Å². The molecule has 2 N–H and O–H groups in total. The summed E-state index contributed by atoms with van der Waals surface area (Å²) in [7, 11) is 1.58. The molecule has 152 valence electrons. The van der Waals surface area contributed by atoms with Gasteiger partial charge >= 0.3 is 0 Å². The first kappa shape index (κ1) is 19.7. The zero-order chi connectivity index (χ0) is 20.4. The lowest BCUT2D eigenvalue weighted by Crippen LogP contribution is -2.15. The maximum Gasteiger partial charge on any atom is 0.274 e. The van der Waals surface area contributed by atoms with E-state index >= 15 is 0 Å². The molecule has 8 heteroatoms. The van der Waals surface area contributed by atoms with Crippen molar-refractivity contribution in [1.82, 2.24) is 15.0 Å². The number of aryl methyl sites for hydroxylation is 1. The van der Waals surface area contributed by atoms with Gasteiger partial charge in [0.05, 0.1) is 28.0 Å². The van der Waals surface area contributed by atoms with Gasteiger partial charge < -0.3 is 15.2 Å². The van der Waals surface area contributed by atoms with Gasteiger partial charge in [0.1, 0.15) is 17.3 Å². The third-order valence-corrected chi connectivity index (χ3v) is 6.62. The minimum atomic E-state index is -0.305. The fraction of sp³-hybridized carbons (Fsp3) is 0.429. The number of methoxy groups -OCH3 is 1. The van der Waals surface area contributed by atoms with E-state index in [0.29, 0.717) is 34.8 Å². The predicted molar refractivity (Wildman–Crippen MR) is 113 cm³/mol. The molecule has 0 bridgehead atoms. The highest BCUT2D eigenvalue weighted by Gasteiger charge is 2.25. The molecule has 1 saturated carbocycles. The van der Waals surface area contributed by atoms with Crippen molar-refractivity contribution in [3.8, 4) is 5.75 Å². The van der Waals surface area contributed by atoms with Crippen LogP contribution in [0.1, 0.15) is 52.9 Å². The second kappa shape index (κ2) is 8.42. The summed E-state index contributed by atoms with van der Waals surface area (Å²) in [6, 6.07) is 5.37. The Bertz CT molecular complexity index is 1030. The third-order valence-electron chi connectivity index (χ3n) is 5.44. The second-order valence-corrected chi connectivity index (χ2v) is 8.48. The maximum atomic E-state index is 12.6. The van der Waals surface area contributed by atoms with Gasteiger partial charge in [0.25, 0.3) is 5.91 Å². The van der Waals surface area contributed by atoms with Gasteiger partial charge in [-0.3, -0.25) is 4.79 Å². The lowest BCUT2D eigenvalue weighted by molar-refractivity contribution is 0.102. The van der Waals surface area contributed by atoms with Crippen LogP contribution in [0.4, 0.5) is 5.69 Å². The fourth-order valence-electron chi connectivity index (χ4n) is 3.77. The van der Waals surface area contributed by atoms with Crippen molar-refractivity contribution in [2.75, 3.05) is 19.0 Å². The van der Waals surface area contributed by atoms with Crippen LogP contribution in [0.25, 0.3) is 10.2 Å². The Hall–Kier alpha value is -2.58. The van der Waals surface area contributed by atoms with Crippen LogP contribution < -0.4 is 10.1 Å². The number of thiazole rings is 1. The summed E-state index contributed by atoms with van der Waals surface area (Å²) >= 11 is 1.67. The van der Waals surface area contributed by atoms with Crippen molar-refractivity contribution in [2.24, 2.45) is 5.92 Å². The van der Waals surface area contributed by atoms with E-state index in [4.69, 9.17) is 9.72 Å². The normalized spacial score (nSPS) is 19.3. The number of carbonyl (C=O) groups excluding carboxylic acids is 1. The SMILES string of the molecule is COc1cc2nc([C@H]3CC[C@H](CO)CC3)sc2cc1NC(=O)c1ccnc(C)n1. The van der Waals surface area contributed by atoms with E-state index in [-0.39, 0.29) is 12.5 Å². The molecular weight excluding hydrogens is 388 g/mol. The number of amides is 1. The zero-order valence-corrected chi connectivity index (χ0v) is 17.3. The molecule has 3 aromatic rings. The summed E-state index contributed by atoms with van der Waals surface area (Å²) < 4.78 is 6.50. The Labute approximate surface area is 173 Å². The van der Waals surface area contributed by atoms with Crippen LogP contribution in [-0.4, -0.2) is 39.7 Å². The van der Waals surface area contributed by atoms with E-state index in [1.807, 2.05) is 12.1 Å². The highest BCUT2D eigenvalue weighted by atomic mass is 32.1. The number of anilines is 1. The number of nitrogens with one attached hydrogen (secondary N) is 1. The second-order valence-electron chi connectivity index (χ2n) is 7.42. The molecule has 1 aromatic carbocycles. The Kier molecular flexibility index (Phi) is 5.73. The molecule has 0 atom stereocenters. The number of ether oxygens (including phenoxy) is 1. The van der Waals surface area contributed by atoms with Gasteiger partial charge in [0.2, 0.25) is 0 Å². The molecule has 2 heterocycles. The van der Waals surface area contributed by atoms with E-state index in [1.54, 1.807) is 37.6 Å². The van der Waals surface area contributed by atoms with E-state index in [1.165, 1.54) is 0 Å². The molecule has 29 heavy (non-hydrogen) atoms. The number of hydrogen-bond acceptors (Lipinski definition) is 7. The van der Waals surface area contributed by atoms with Gasteiger partial charge in [-0.1, -0.05) is 0 Å². The number of hydrogen-bond donors (Lipinski definition) is 2. The molecule has 0 unspecified atom stereocenters. The molecule has 1 aliphatic rings. The Morgan fingerprint density at radius 1 is 1.28 bits per heavy atom. The Morgan fingerprint density at radius 3 is 2.76 bits per heavy atom. The average molecular weight is 413 g/mol. The highest BCUT2D eigenvalue weighted by molar-refractivity contribution is 7.18. The molecule has 0 aliphatic heterocycles. The van der Waals surface area contributed by atoms with Crippen LogP contribution in [0.3, 0.4) is 0 Å². The Morgan fingerprint density at radius 2 is 2.07 bits per heavy atom. The van der Waals surface area contributed by atoms with Crippen LogP contribution in [0.5, 0.6) is 5.75 Å². The number of aromatic nitrogens is 3. The first-order valence-corrected chi connectivity index (χ1v) is 10.6. The van der Waals surface area contributed by atoms with Crippen LogP contribution in [0.15, 0.2) is 24.4 Å². The predicted octanol–water partition coefficient (Wildman–Crippen LogP) is 3.92. The number of carbonyl (C=O) groups is 1.